The van der Waals surface area contributed by atoms with Gasteiger partial charge in [-0.1, -0.05) is 42.5 Å². The highest BCUT2D eigenvalue weighted by Crippen LogP contribution is 2.26. The number of anilines is 1. The Morgan fingerprint density at radius 2 is 1.50 bits per heavy atom. The van der Waals surface area contributed by atoms with Gasteiger partial charge in [0.2, 0.25) is 0 Å². The van der Waals surface area contributed by atoms with Gasteiger partial charge in [-0.05, 0) is 17.7 Å². The van der Waals surface area contributed by atoms with Gasteiger partial charge in [-0.25, -0.2) is 8.78 Å². The molecule has 20 heavy (non-hydrogen) atoms. The summed E-state index contributed by atoms with van der Waals surface area (Å²) >= 11 is 0. The summed E-state index contributed by atoms with van der Waals surface area (Å²) in [6, 6.07) is 16.2. The van der Waals surface area contributed by atoms with Crippen LogP contribution in [0.3, 0.4) is 0 Å². The van der Waals surface area contributed by atoms with Crippen LogP contribution in [-0.2, 0) is 0 Å². The molecule has 2 nitrogen and oxygen atoms in total. The second kappa shape index (κ2) is 6.48. The molecule has 4 heteroatoms. The number of hydrogen-bond donors (Lipinski definition) is 1. The number of benzene rings is 2. The van der Waals surface area contributed by atoms with Gasteiger partial charge in [0, 0.05) is 24.8 Å². The molecule has 0 fully saturated rings. The predicted molar refractivity (Wildman–Crippen MR) is 78.0 cm³/mol. The summed E-state index contributed by atoms with van der Waals surface area (Å²) in [5.74, 6) is 0. The zero-order valence-corrected chi connectivity index (χ0v) is 11.3. The van der Waals surface area contributed by atoms with E-state index < -0.39 is 6.43 Å². The number of rotatable bonds is 5. The number of hydrogen-bond acceptors (Lipinski definition) is 2. The highest BCUT2D eigenvalue weighted by atomic mass is 19.3. The number of nitrogens with two attached hydrogens (primary N) is 1. The van der Waals surface area contributed by atoms with Gasteiger partial charge in [0.1, 0.15) is 0 Å². The van der Waals surface area contributed by atoms with E-state index in [9.17, 15) is 8.78 Å². The fraction of sp³-hybridized carbons (Fsp3) is 0.250. The Kier molecular flexibility index (Phi) is 4.69. The Bertz CT molecular complexity index is 526. The summed E-state index contributed by atoms with van der Waals surface area (Å²) in [6.07, 6.45) is -2.44. The van der Waals surface area contributed by atoms with E-state index in [2.05, 4.69) is 4.90 Å². The lowest BCUT2D eigenvalue weighted by Gasteiger charge is -2.29. The highest BCUT2D eigenvalue weighted by molar-refractivity contribution is 5.48. The molecule has 0 aromatic heterocycles. The van der Waals surface area contributed by atoms with Crippen molar-refractivity contribution >= 4 is 5.69 Å². The summed E-state index contributed by atoms with van der Waals surface area (Å²) < 4.78 is 25.1. The molecule has 0 aliphatic heterocycles. The van der Waals surface area contributed by atoms with E-state index in [1.54, 1.807) is 12.1 Å². The van der Waals surface area contributed by atoms with Crippen LogP contribution in [0.15, 0.2) is 54.6 Å². The van der Waals surface area contributed by atoms with Gasteiger partial charge < -0.3 is 10.6 Å². The Balaban J connectivity index is 2.23. The van der Waals surface area contributed by atoms with Crippen LogP contribution < -0.4 is 10.6 Å². The molecule has 2 aromatic carbocycles. The first-order valence-corrected chi connectivity index (χ1v) is 6.49. The average Bonchev–Trinajstić information content (AvgIpc) is 2.49. The molecule has 2 aromatic rings. The van der Waals surface area contributed by atoms with Crippen LogP contribution in [0.1, 0.15) is 23.6 Å². The van der Waals surface area contributed by atoms with Gasteiger partial charge in [-0.2, -0.15) is 0 Å². The van der Waals surface area contributed by atoms with Crippen LogP contribution in [0.2, 0.25) is 0 Å². The van der Waals surface area contributed by atoms with Crippen LogP contribution in [-0.4, -0.2) is 13.6 Å². The molecule has 0 amide bonds. The van der Waals surface area contributed by atoms with Crippen molar-refractivity contribution in [3.8, 4) is 0 Å². The molecule has 106 valence electrons. The number of nitrogens with zero attached hydrogens (tertiary/aromatic N) is 1. The van der Waals surface area contributed by atoms with Crippen molar-refractivity contribution in [2.24, 2.45) is 5.73 Å². The molecule has 1 atom stereocenters. The quantitative estimate of drug-likeness (QED) is 0.901. The SMILES string of the molecule is CN(c1ccccc1)C(CN)c1ccc(C(F)F)cc1. The van der Waals surface area contributed by atoms with E-state index >= 15 is 0 Å². The van der Waals surface area contributed by atoms with Gasteiger partial charge in [-0.3, -0.25) is 0 Å². The number of alkyl halides is 2. The lowest BCUT2D eigenvalue weighted by atomic mass is 10.0. The van der Waals surface area contributed by atoms with Crippen LogP contribution in [0, 0.1) is 0 Å². The second-order valence-electron chi connectivity index (χ2n) is 4.67. The molecule has 0 bridgehead atoms. The molecule has 0 radical (unpaired) electrons. The second-order valence-corrected chi connectivity index (χ2v) is 4.67. The van der Waals surface area contributed by atoms with E-state index in [0.29, 0.717) is 6.54 Å². The molecular weight excluding hydrogens is 258 g/mol. The largest absolute Gasteiger partial charge is 0.366 e. The molecule has 0 aliphatic carbocycles. The van der Waals surface area contributed by atoms with Crippen LogP contribution in [0.4, 0.5) is 14.5 Å². The zero-order valence-electron chi connectivity index (χ0n) is 11.3. The number of para-hydroxylation sites is 1. The van der Waals surface area contributed by atoms with E-state index in [0.717, 1.165) is 11.3 Å². The van der Waals surface area contributed by atoms with Crippen molar-refractivity contribution in [3.63, 3.8) is 0 Å². The standard InChI is InChI=1S/C16H18F2N2/c1-20(14-5-3-2-4-6-14)15(11-19)12-7-9-13(10-8-12)16(17)18/h2-10,15-16H,11,19H2,1H3. The minimum Gasteiger partial charge on any atom is -0.366 e. The van der Waals surface area contributed by atoms with Crippen LogP contribution >= 0.6 is 0 Å². The third-order valence-electron chi connectivity index (χ3n) is 3.43. The van der Waals surface area contributed by atoms with Gasteiger partial charge in [-0.15, -0.1) is 0 Å². The normalized spacial score (nSPS) is 12.4. The van der Waals surface area contributed by atoms with Crippen molar-refractivity contribution in [1.29, 1.82) is 0 Å². The van der Waals surface area contributed by atoms with Gasteiger partial charge in [0.05, 0.1) is 6.04 Å². The summed E-state index contributed by atoms with van der Waals surface area (Å²) in [7, 11) is 1.95. The van der Waals surface area contributed by atoms with E-state index in [1.165, 1.54) is 12.1 Å². The van der Waals surface area contributed by atoms with Crippen LogP contribution in [0.5, 0.6) is 0 Å². The van der Waals surface area contributed by atoms with Crippen molar-refractivity contribution < 1.29 is 8.78 Å². The predicted octanol–water partition coefficient (Wildman–Crippen LogP) is 3.76. The van der Waals surface area contributed by atoms with Gasteiger partial charge in [0.25, 0.3) is 6.43 Å². The molecule has 2 rings (SSSR count). The smallest absolute Gasteiger partial charge is 0.263 e. The molecule has 2 N–H and O–H groups in total. The molecule has 0 spiro atoms. The monoisotopic (exact) mass is 276 g/mol. The fourth-order valence-corrected chi connectivity index (χ4v) is 2.22. The Morgan fingerprint density at radius 3 is 2.00 bits per heavy atom. The lowest BCUT2D eigenvalue weighted by molar-refractivity contribution is 0.151. The van der Waals surface area contributed by atoms with Crippen molar-refractivity contribution in [2.75, 3.05) is 18.5 Å². The van der Waals surface area contributed by atoms with Gasteiger partial charge >= 0.3 is 0 Å². The molecular formula is C16H18F2N2. The topological polar surface area (TPSA) is 29.3 Å². The molecule has 1 unspecified atom stereocenters. The summed E-state index contributed by atoms with van der Waals surface area (Å²) in [6.45, 7) is 0.416. The minimum atomic E-state index is -2.44. The molecule has 0 saturated carbocycles. The van der Waals surface area contributed by atoms with E-state index in [4.69, 9.17) is 5.73 Å². The van der Waals surface area contributed by atoms with Crippen molar-refractivity contribution in [1.82, 2.24) is 0 Å². The summed E-state index contributed by atoms with van der Waals surface area (Å²) in [5, 5.41) is 0. The first-order chi connectivity index (χ1) is 9.63. The van der Waals surface area contributed by atoms with E-state index in [-0.39, 0.29) is 11.6 Å². The Labute approximate surface area is 117 Å². The Morgan fingerprint density at radius 1 is 0.950 bits per heavy atom. The molecule has 0 saturated heterocycles. The average molecular weight is 276 g/mol. The van der Waals surface area contributed by atoms with Crippen LogP contribution in [0.25, 0.3) is 0 Å². The maximum atomic E-state index is 12.6. The third kappa shape index (κ3) is 3.14. The molecule has 0 heterocycles. The lowest BCUT2D eigenvalue weighted by Crippen LogP contribution is -2.30. The summed E-state index contributed by atoms with van der Waals surface area (Å²) in [5.41, 5.74) is 7.86. The third-order valence-corrected chi connectivity index (χ3v) is 3.43. The number of likely N-dealkylation sites (N-methyl/N-ethyl adjacent to an activating group) is 1. The maximum Gasteiger partial charge on any atom is 0.263 e. The van der Waals surface area contributed by atoms with Gasteiger partial charge in [0.15, 0.2) is 0 Å². The molecule has 0 aliphatic rings. The summed E-state index contributed by atoms with van der Waals surface area (Å²) in [4.78, 5) is 2.05. The minimum absolute atomic E-state index is 0.0342. The maximum absolute atomic E-state index is 12.6. The van der Waals surface area contributed by atoms with Crippen molar-refractivity contribution in [3.05, 3.63) is 65.7 Å². The fourth-order valence-electron chi connectivity index (χ4n) is 2.22. The Hall–Kier alpha value is -1.94. The number of halogens is 2. The zero-order chi connectivity index (χ0) is 14.5. The van der Waals surface area contributed by atoms with E-state index in [1.807, 2.05) is 37.4 Å². The first kappa shape index (κ1) is 14.5. The highest BCUT2D eigenvalue weighted by Gasteiger charge is 2.16. The first-order valence-electron chi connectivity index (χ1n) is 6.49. The van der Waals surface area contributed by atoms with Crippen molar-refractivity contribution in [2.45, 2.75) is 12.5 Å².